The number of nitrogens with zero attached hydrogens (tertiary/aromatic N) is 2. The van der Waals surface area contributed by atoms with Crippen molar-refractivity contribution in [3.05, 3.63) is 18.7 Å². The van der Waals surface area contributed by atoms with Crippen molar-refractivity contribution in [2.24, 2.45) is 0 Å². The Morgan fingerprint density at radius 3 is 3.14 bits per heavy atom. The van der Waals surface area contributed by atoms with Crippen LogP contribution >= 0.6 is 0 Å². The van der Waals surface area contributed by atoms with Gasteiger partial charge in [0.05, 0.1) is 19.5 Å². The van der Waals surface area contributed by atoms with Gasteiger partial charge in [-0.1, -0.05) is 0 Å². The third kappa shape index (κ3) is 4.04. The maximum atomic E-state index is 10.9. The molecule has 14 heavy (non-hydrogen) atoms. The summed E-state index contributed by atoms with van der Waals surface area (Å²) in [6.07, 6.45) is 5.35. The van der Waals surface area contributed by atoms with Gasteiger partial charge in [-0.2, -0.15) is 0 Å². The highest BCUT2D eigenvalue weighted by Gasteiger charge is 1.99. The molecule has 0 spiro atoms. The van der Waals surface area contributed by atoms with Gasteiger partial charge >= 0.3 is 5.97 Å². The van der Waals surface area contributed by atoms with Gasteiger partial charge in [0, 0.05) is 25.5 Å². The molecule has 0 amide bonds. The number of carbonyl (C=O) groups is 1. The Bertz CT molecular complexity index is 259. The predicted molar refractivity (Wildman–Crippen MR) is 51.7 cm³/mol. The van der Waals surface area contributed by atoms with Gasteiger partial charge in [0.15, 0.2) is 0 Å². The molecule has 5 nitrogen and oxygen atoms in total. The fraction of sp³-hybridized carbons (Fsp3) is 0.556. The lowest BCUT2D eigenvalue weighted by Gasteiger charge is -2.04. The second-order valence-corrected chi connectivity index (χ2v) is 2.78. The lowest BCUT2D eigenvalue weighted by Crippen LogP contribution is -2.27. The van der Waals surface area contributed by atoms with Gasteiger partial charge in [0.1, 0.15) is 0 Å². The molecule has 0 saturated heterocycles. The molecule has 0 fully saturated rings. The minimum Gasteiger partial charge on any atom is -0.465 e. The Kier molecular flexibility index (Phi) is 4.71. The highest BCUT2D eigenvalue weighted by molar-refractivity contribution is 5.71. The molecule has 1 rings (SSSR count). The lowest BCUT2D eigenvalue weighted by molar-refractivity contribution is -0.141. The molecule has 5 heteroatoms. The van der Waals surface area contributed by atoms with Gasteiger partial charge in [-0.05, 0) is 6.92 Å². The first-order valence-corrected chi connectivity index (χ1v) is 4.65. The van der Waals surface area contributed by atoms with Crippen molar-refractivity contribution in [1.29, 1.82) is 0 Å². The number of imidazole rings is 1. The second kappa shape index (κ2) is 6.15. The van der Waals surface area contributed by atoms with Crippen molar-refractivity contribution in [3.8, 4) is 0 Å². The predicted octanol–water partition coefficient (Wildman–Crippen LogP) is 0.0358. The van der Waals surface area contributed by atoms with E-state index in [0.29, 0.717) is 6.61 Å². The molecule has 78 valence electrons. The molecule has 0 saturated carbocycles. The van der Waals surface area contributed by atoms with Crippen LogP contribution in [0.4, 0.5) is 0 Å². The molecular weight excluding hydrogens is 182 g/mol. The molecule has 0 radical (unpaired) electrons. The zero-order valence-electron chi connectivity index (χ0n) is 8.27. The summed E-state index contributed by atoms with van der Waals surface area (Å²) in [5.41, 5.74) is 0. The standard InChI is InChI=1S/C9H15N3O2/c1-2-14-9(13)7-10-3-5-12-6-4-11-8-12/h4,6,8,10H,2-3,5,7H2,1H3. The van der Waals surface area contributed by atoms with Crippen molar-refractivity contribution in [1.82, 2.24) is 14.9 Å². The largest absolute Gasteiger partial charge is 0.465 e. The molecule has 1 N–H and O–H groups in total. The highest BCUT2D eigenvalue weighted by Crippen LogP contribution is 1.83. The fourth-order valence-corrected chi connectivity index (χ4v) is 1.03. The van der Waals surface area contributed by atoms with Crippen molar-refractivity contribution in [2.45, 2.75) is 13.5 Å². The molecule has 1 heterocycles. The van der Waals surface area contributed by atoms with E-state index in [2.05, 4.69) is 10.3 Å². The molecule has 0 aromatic carbocycles. The second-order valence-electron chi connectivity index (χ2n) is 2.78. The van der Waals surface area contributed by atoms with Crippen molar-refractivity contribution < 1.29 is 9.53 Å². The number of carbonyl (C=O) groups excluding carboxylic acids is 1. The third-order valence-electron chi connectivity index (χ3n) is 1.68. The summed E-state index contributed by atoms with van der Waals surface area (Å²) in [5, 5.41) is 2.99. The van der Waals surface area contributed by atoms with Crippen LogP contribution in [0, 0.1) is 0 Å². The first-order chi connectivity index (χ1) is 6.83. The number of hydrogen-bond acceptors (Lipinski definition) is 4. The van der Waals surface area contributed by atoms with E-state index in [1.165, 1.54) is 0 Å². The van der Waals surface area contributed by atoms with Crippen molar-refractivity contribution >= 4 is 5.97 Å². The van der Waals surface area contributed by atoms with E-state index in [0.717, 1.165) is 13.1 Å². The number of rotatable bonds is 6. The summed E-state index contributed by atoms with van der Waals surface area (Å²) in [5.74, 6) is -0.210. The minimum atomic E-state index is -0.210. The molecule has 0 aliphatic rings. The first-order valence-electron chi connectivity index (χ1n) is 4.65. The quantitative estimate of drug-likeness (QED) is 0.516. The molecule has 0 aliphatic carbocycles. The minimum absolute atomic E-state index is 0.210. The molecule has 0 atom stereocenters. The van der Waals surface area contributed by atoms with E-state index < -0.39 is 0 Å². The van der Waals surface area contributed by atoms with Gasteiger partial charge in [0.2, 0.25) is 0 Å². The van der Waals surface area contributed by atoms with Gasteiger partial charge in [-0.25, -0.2) is 4.98 Å². The SMILES string of the molecule is CCOC(=O)CNCCn1ccnc1. The summed E-state index contributed by atoms with van der Waals surface area (Å²) < 4.78 is 6.70. The normalized spacial score (nSPS) is 10.1. The van der Waals surface area contributed by atoms with Crippen LogP contribution in [0.25, 0.3) is 0 Å². The molecule has 0 aliphatic heterocycles. The van der Waals surface area contributed by atoms with Crippen LogP contribution in [0.3, 0.4) is 0 Å². The van der Waals surface area contributed by atoms with E-state index in [9.17, 15) is 4.79 Å². The third-order valence-corrected chi connectivity index (χ3v) is 1.68. The van der Waals surface area contributed by atoms with E-state index in [4.69, 9.17) is 4.74 Å². The number of esters is 1. The summed E-state index contributed by atoms with van der Waals surface area (Å²) in [6, 6.07) is 0. The topological polar surface area (TPSA) is 56.1 Å². The zero-order valence-corrected chi connectivity index (χ0v) is 8.27. The molecule has 0 bridgehead atoms. The van der Waals surface area contributed by atoms with E-state index in [1.807, 2.05) is 10.8 Å². The van der Waals surface area contributed by atoms with Gasteiger partial charge in [0.25, 0.3) is 0 Å². The summed E-state index contributed by atoms with van der Waals surface area (Å²) in [6.45, 7) is 4.03. The van der Waals surface area contributed by atoms with Crippen LogP contribution in [-0.2, 0) is 16.1 Å². The Balaban J connectivity index is 2.02. The number of aromatic nitrogens is 2. The van der Waals surface area contributed by atoms with Crippen LogP contribution in [0.2, 0.25) is 0 Å². The van der Waals surface area contributed by atoms with Crippen LogP contribution in [0.1, 0.15) is 6.92 Å². The van der Waals surface area contributed by atoms with E-state index in [1.54, 1.807) is 19.4 Å². The van der Waals surface area contributed by atoms with E-state index >= 15 is 0 Å². The molecular formula is C9H15N3O2. The van der Waals surface area contributed by atoms with E-state index in [-0.39, 0.29) is 12.5 Å². The van der Waals surface area contributed by atoms with Crippen LogP contribution in [0.5, 0.6) is 0 Å². The average molecular weight is 197 g/mol. The number of ether oxygens (including phenoxy) is 1. The Labute approximate surface area is 83.1 Å². The van der Waals surface area contributed by atoms with Crippen LogP contribution < -0.4 is 5.32 Å². The summed E-state index contributed by atoms with van der Waals surface area (Å²) in [7, 11) is 0. The number of hydrogen-bond donors (Lipinski definition) is 1. The smallest absolute Gasteiger partial charge is 0.319 e. The van der Waals surface area contributed by atoms with Gasteiger partial charge < -0.3 is 14.6 Å². The highest BCUT2D eigenvalue weighted by atomic mass is 16.5. The maximum Gasteiger partial charge on any atom is 0.319 e. The monoisotopic (exact) mass is 197 g/mol. The Morgan fingerprint density at radius 2 is 2.50 bits per heavy atom. The summed E-state index contributed by atoms with van der Waals surface area (Å²) in [4.78, 5) is 14.8. The zero-order chi connectivity index (χ0) is 10.2. The molecule has 1 aromatic heterocycles. The van der Waals surface area contributed by atoms with Crippen molar-refractivity contribution in [3.63, 3.8) is 0 Å². The Morgan fingerprint density at radius 1 is 1.64 bits per heavy atom. The fourth-order valence-electron chi connectivity index (χ4n) is 1.03. The first kappa shape index (κ1) is 10.7. The van der Waals surface area contributed by atoms with Crippen LogP contribution in [-0.4, -0.2) is 35.2 Å². The van der Waals surface area contributed by atoms with Crippen LogP contribution in [0.15, 0.2) is 18.7 Å². The summed E-state index contributed by atoms with van der Waals surface area (Å²) >= 11 is 0. The number of nitrogens with one attached hydrogen (secondary N) is 1. The molecule has 1 aromatic rings. The van der Waals surface area contributed by atoms with Gasteiger partial charge in [-0.15, -0.1) is 0 Å². The van der Waals surface area contributed by atoms with Gasteiger partial charge in [-0.3, -0.25) is 4.79 Å². The molecule has 0 unspecified atom stereocenters. The van der Waals surface area contributed by atoms with Crippen molar-refractivity contribution in [2.75, 3.05) is 19.7 Å². The Hall–Kier alpha value is -1.36. The lowest BCUT2D eigenvalue weighted by atomic mass is 10.5. The maximum absolute atomic E-state index is 10.9. The average Bonchev–Trinajstić information content (AvgIpc) is 2.65.